The standard InChI is InChI=1S/C24H28N2O5S/c1-30-22-13-5-6-14-23(22)31-18-16-25-24(27)15-8-17-26(32(2,28)29)21-12-7-10-19-9-3-4-11-20(19)21/h3-7,9-14H,8,15-18H2,1-2H3,(H,25,27). The average Bonchev–Trinajstić information content (AvgIpc) is 2.79. The highest BCUT2D eigenvalue weighted by Gasteiger charge is 2.19. The zero-order valence-corrected chi connectivity index (χ0v) is 19.1. The number of anilines is 1. The zero-order chi connectivity index (χ0) is 23.0. The third kappa shape index (κ3) is 6.13. The summed E-state index contributed by atoms with van der Waals surface area (Å²) in [6, 6.07) is 20.5. The highest BCUT2D eigenvalue weighted by molar-refractivity contribution is 7.92. The molecule has 3 aromatic rings. The van der Waals surface area contributed by atoms with Gasteiger partial charge in [-0.25, -0.2) is 8.42 Å². The van der Waals surface area contributed by atoms with Crippen molar-refractivity contribution >= 4 is 32.4 Å². The minimum absolute atomic E-state index is 0.153. The van der Waals surface area contributed by atoms with E-state index >= 15 is 0 Å². The van der Waals surface area contributed by atoms with Crippen LogP contribution in [-0.4, -0.2) is 47.4 Å². The van der Waals surface area contributed by atoms with E-state index in [0.29, 0.717) is 36.8 Å². The molecule has 0 heterocycles. The van der Waals surface area contributed by atoms with Crippen LogP contribution in [0.1, 0.15) is 12.8 Å². The molecule has 3 rings (SSSR count). The van der Waals surface area contributed by atoms with Crippen molar-refractivity contribution < 1.29 is 22.7 Å². The molecule has 0 radical (unpaired) electrons. The lowest BCUT2D eigenvalue weighted by Gasteiger charge is -2.24. The van der Waals surface area contributed by atoms with Crippen LogP contribution in [0.25, 0.3) is 10.8 Å². The maximum atomic E-state index is 12.4. The quantitative estimate of drug-likeness (QED) is 0.446. The summed E-state index contributed by atoms with van der Waals surface area (Å²) in [5, 5.41) is 4.62. The van der Waals surface area contributed by atoms with E-state index in [1.165, 1.54) is 10.6 Å². The van der Waals surface area contributed by atoms with Gasteiger partial charge in [0.15, 0.2) is 11.5 Å². The summed E-state index contributed by atoms with van der Waals surface area (Å²) in [4.78, 5) is 12.2. The van der Waals surface area contributed by atoms with Crippen molar-refractivity contribution in [3.8, 4) is 11.5 Å². The van der Waals surface area contributed by atoms with Gasteiger partial charge in [0.2, 0.25) is 15.9 Å². The second-order valence-corrected chi connectivity index (χ2v) is 9.19. The number of nitrogens with one attached hydrogen (secondary N) is 1. The van der Waals surface area contributed by atoms with Gasteiger partial charge < -0.3 is 14.8 Å². The van der Waals surface area contributed by atoms with Gasteiger partial charge in [-0.2, -0.15) is 0 Å². The summed E-state index contributed by atoms with van der Waals surface area (Å²) < 4.78 is 37.1. The Morgan fingerprint density at radius 3 is 2.41 bits per heavy atom. The fraction of sp³-hybridized carbons (Fsp3) is 0.292. The summed E-state index contributed by atoms with van der Waals surface area (Å²) in [6.45, 7) is 0.867. The van der Waals surface area contributed by atoms with Gasteiger partial charge in [-0.15, -0.1) is 0 Å². The molecule has 0 bridgehead atoms. The van der Waals surface area contributed by atoms with Gasteiger partial charge in [-0.1, -0.05) is 48.5 Å². The lowest BCUT2D eigenvalue weighted by atomic mass is 10.1. The number of methoxy groups -OCH3 is 1. The van der Waals surface area contributed by atoms with Crippen LogP contribution in [0.15, 0.2) is 66.7 Å². The van der Waals surface area contributed by atoms with Crippen molar-refractivity contribution in [1.82, 2.24) is 5.32 Å². The van der Waals surface area contributed by atoms with Crippen LogP contribution in [-0.2, 0) is 14.8 Å². The lowest BCUT2D eigenvalue weighted by molar-refractivity contribution is -0.121. The van der Waals surface area contributed by atoms with Crippen LogP contribution < -0.4 is 19.1 Å². The topological polar surface area (TPSA) is 84.9 Å². The molecule has 0 spiro atoms. The van der Waals surface area contributed by atoms with Gasteiger partial charge in [0, 0.05) is 18.4 Å². The van der Waals surface area contributed by atoms with E-state index in [2.05, 4.69) is 5.32 Å². The van der Waals surface area contributed by atoms with Gasteiger partial charge in [-0.05, 0) is 30.0 Å². The van der Waals surface area contributed by atoms with Crippen molar-refractivity contribution in [2.75, 3.05) is 37.4 Å². The number of amides is 1. The average molecular weight is 457 g/mol. The minimum atomic E-state index is -3.50. The van der Waals surface area contributed by atoms with Gasteiger partial charge in [0.1, 0.15) is 6.61 Å². The molecule has 0 aliphatic rings. The number of hydrogen-bond acceptors (Lipinski definition) is 5. The Morgan fingerprint density at radius 1 is 0.969 bits per heavy atom. The van der Waals surface area contributed by atoms with Gasteiger partial charge in [0.05, 0.1) is 25.6 Å². The SMILES string of the molecule is COc1ccccc1OCCNC(=O)CCCN(c1cccc2ccccc12)S(C)(=O)=O. The molecule has 170 valence electrons. The molecule has 0 aliphatic heterocycles. The fourth-order valence-electron chi connectivity index (χ4n) is 3.45. The van der Waals surface area contributed by atoms with E-state index < -0.39 is 10.0 Å². The number of hydrogen-bond donors (Lipinski definition) is 1. The van der Waals surface area contributed by atoms with Gasteiger partial charge in [-0.3, -0.25) is 9.10 Å². The fourth-order valence-corrected chi connectivity index (χ4v) is 4.43. The number of nitrogens with zero attached hydrogens (tertiary/aromatic N) is 1. The third-order valence-corrected chi connectivity index (χ3v) is 6.13. The minimum Gasteiger partial charge on any atom is -0.493 e. The molecule has 0 aliphatic carbocycles. The monoisotopic (exact) mass is 456 g/mol. The highest BCUT2D eigenvalue weighted by atomic mass is 32.2. The molecule has 0 unspecified atom stereocenters. The van der Waals surface area contributed by atoms with E-state index in [9.17, 15) is 13.2 Å². The highest BCUT2D eigenvalue weighted by Crippen LogP contribution is 2.28. The van der Waals surface area contributed by atoms with E-state index in [1.54, 1.807) is 25.3 Å². The molecule has 3 aromatic carbocycles. The summed E-state index contributed by atoms with van der Waals surface area (Å²) in [5.74, 6) is 1.09. The molecule has 32 heavy (non-hydrogen) atoms. The van der Waals surface area contributed by atoms with Crippen LogP contribution in [0, 0.1) is 0 Å². The van der Waals surface area contributed by atoms with Crippen LogP contribution in [0.3, 0.4) is 0 Å². The summed E-state index contributed by atoms with van der Waals surface area (Å²) in [5.41, 5.74) is 0.621. The molecule has 0 saturated carbocycles. The third-order valence-electron chi connectivity index (χ3n) is 4.95. The van der Waals surface area contributed by atoms with Crippen molar-refractivity contribution in [1.29, 1.82) is 0 Å². The predicted octanol–water partition coefficient (Wildman–Crippen LogP) is 3.59. The maximum Gasteiger partial charge on any atom is 0.232 e. The Hall–Kier alpha value is -3.26. The summed E-state index contributed by atoms with van der Waals surface area (Å²) >= 11 is 0. The van der Waals surface area contributed by atoms with Crippen LogP contribution in [0.5, 0.6) is 11.5 Å². The Labute approximate surface area is 189 Å². The molecule has 8 heteroatoms. The van der Waals surface area contributed by atoms with Crippen LogP contribution in [0.4, 0.5) is 5.69 Å². The Bertz CT molecular complexity index is 1160. The number of carbonyl (C=O) groups excluding carboxylic acids is 1. The van der Waals surface area contributed by atoms with E-state index in [1.807, 2.05) is 48.5 Å². The normalized spacial score (nSPS) is 11.2. The van der Waals surface area contributed by atoms with Crippen molar-refractivity contribution in [3.63, 3.8) is 0 Å². The van der Waals surface area contributed by atoms with E-state index in [-0.39, 0.29) is 18.9 Å². The van der Waals surface area contributed by atoms with Crippen molar-refractivity contribution in [3.05, 3.63) is 66.7 Å². The number of ether oxygens (including phenoxy) is 2. The van der Waals surface area contributed by atoms with Gasteiger partial charge >= 0.3 is 0 Å². The number of para-hydroxylation sites is 2. The van der Waals surface area contributed by atoms with Crippen LogP contribution in [0.2, 0.25) is 0 Å². The summed E-state index contributed by atoms with van der Waals surface area (Å²) in [7, 11) is -1.92. The molecular formula is C24H28N2O5S. The first-order chi connectivity index (χ1) is 15.4. The molecule has 0 fully saturated rings. The van der Waals surface area contributed by atoms with Crippen molar-refractivity contribution in [2.45, 2.75) is 12.8 Å². The Balaban J connectivity index is 1.51. The smallest absolute Gasteiger partial charge is 0.232 e. The molecular weight excluding hydrogens is 428 g/mol. The van der Waals surface area contributed by atoms with Crippen molar-refractivity contribution in [2.24, 2.45) is 0 Å². The molecule has 0 saturated heterocycles. The zero-order valence-electron chi connectivity index (χ0n) is 18.3. The number of rotatable bonds is 11. The van der Waals surface area contributed by atoms with E-state index in [4.69, 9.17) is 9.47 Å². The number of fused-ring (bicyclic) bond motifs is 1. The number of carbonyl (C=O) groups is 1. The molecule has 7 nitrogen and oxygen atoms in total. The van der Waals surface area contributed by atoms with Gasteiger partial charge in [0.25, 0.3) is 0 Å². The number of benzene rings is 3. The first-order valence-electron chi connectivity index (χ1n) is 10.4. The summed E-state index contributed by atoms with van der Waals surface area (Å²) in [6.07, 6.45) is 1.80. The molecule has 1 N–H and O–H groups in total. The molecule has 0 atom stereocenters. The molecule has 1 amide bonds. The second kappa shape index (κ2) is 10.9. The van der Waals surface area contributed by atoms with Crippen LogP contribution >= 0.6 is 0 Å². The van der Waals surface area contributed by atoms with E-state index in [0.717, 1.165) is 10.8 Å². The second-order valence-electron chi connectivity index (χ2n) is 7.29. The first-order valence-corrected chi connectivity index (χ1v) is 12.2. The number of sulfonamides is 1. The maximum absolute atomic E-state index is 12.4. The largest absolute Gasteiger partial charge is 0.493 e. The Kier molecular flexibility index (Phi) is 7.94. The molecule has 0 aromatic heterocycles. The lowest BCUT2D eigenvalue weighted by Crippen LogP contribution is -2.33. The first kappa shape index (κ1) is 23.4. The predicted molar refractivity (Wildman–Crippen MR) is 127 cm³/mol. The Morgan fingerprint density at radius 2 is 1.66 bits per heavy atom.